The normalized spacial score (nSPS) is 11.3. The molecule has 0 heterocycles. The minimum atomic E-state index is -3.73. The molecule has 2 rings (SSSR count). The van der Waals surface area contributed by atoms with E-state index in [9.17, 15) is 18.0 Å². The molecular weight excluding hydrogens is 380 g/mol. The van der Waals surface area contributed by atoms with Crippen molar-refractivity contribution in [3.05, 3.63) is 65.7 Å². The van der Waals surface area contributed by atoms with E-state index in [0.29, 0.717) is 6.54 Å². The van der Waals surface area contributed by atoms with E-state index in [4.69, 9.17) is 4.74 Å². The summed E-state index contributed by atoms with van der Waals surface area (Å²) in [4.78, 5) is 25.8. The number of nitrogens with zero attached hydrogens (tertiary/aromatic N) is 1. The Labute approximate surface area is 165 Å². The molecule has 7 nitrogen and oxygen atoms in total. The first-order chi connectivity index (χ1) is 13.2. The quantitative estimate of drug-likeness (QED) is 0.681. The predicted octanol–water partition coefficient (Wildman–Crippen LogP) is 2.19. The van der Waals surface area contributed by atoms with Crippen molar-refractivity contribution >= 4 is 21.9 Å². The van der Waals surface area contributed by atoms with Gasteiger partial charge in [0.05, 0.1) is 10.5 Å². The monoisotopic (exact) mass is 404 g/mol. The van der Waals surface area contributed by atoms with Crippen molar-refractivity contribution in [2.45, 2.75) is 31.3 Å². The highest BCUT2D eigenvalue weighted by atomic mass is 32.2. The summed E-state index contributed by atoms with van der Waals surface area (Å²) in [5.74, 6) is -1.12. The molecule has 0 aliphatic carbocycles. The average molecular weight is 404 g/mol. The van der Waals surface area contributed by atoms with Crippen LogP contribution in [0.5, 0.6) is 0 Å². The van der Waals surface area contributed by atoms with E-state index < -0.39 is 22.6 Å². The Morgan fingerprint density at radius 1 is 1.07 bits per heavy atom. The third kappa shape index (κ3) is 6.17. The standard InChI is InChI=1S/C20H24N2O5S/c1-15(2)21-28(25,26)18-11-7-10-17(12-18)20(24)27-14-19(23)22(3)13-16-8-5-4-6-9-16/h4-12,15,21H,13-14H2,1-3H3. The van der Waals surface area contributed by atoms with Crippen LogP contribution < -0.4 is 4.72 Å². The summed E-state index contributed by atoms with van der Waals surface area (Å²) in [6.07, 6.45) is 0. The molecule has 0 spiro atoms. The molecule has 0 aliphatic rings. The van der Waals surface area contributed by atoms with Crippen LogP contribution in [-0.4, -0.2) is 44.9 Å². The van der Waals surface area contributed by atoms with Gasteiger partial charge in [-0.2, -0.15) is 0 Å². The van der Waals surface area contributed by atoms with Crippen LogP contribution in [0, 0.1) is 0 Å². The van der Waals surface area contributed by atoms with Gasteiger partial charge in [-0.1, -0.05) is 36.4 Å². The van der Waals surface area contributed by atoms with Gasteiger partial charge in [0.15, 0.2) is 6.61 Å². The highest BCUT2D eigenvalue weighted by Gasteiger charge is 2.19. The first kappa shape index (κ1) is 21.6. The van der Waals surface area contributed by atoms with Gasteiger partial charge in [0.1, 0.15) is 0 Å². The lowest BCUT2D eigenvalue weighted by Crippen LogP contribution is -2.31. The van der Waals surface area contributed by atoms with Gasteiger partial charge in [-0.3, -0.25) is 4.79 Å². The molecule has 1 N–H and O–H groups in total. The summed E-state index contributed by atoms with van der Waals surface area (Å²) in [6.45, 7) is 3.37. The fourth-order valence-corrected chi connectivity index (χ4v) is 3.73. The number of rotatable bonds is 8. The molecular formula is C20H24N2O5S. The van der Waals surface area contributed by atoms with Gasteiger partial charge in [0.25, 0.3) is 5.91 Å². The summed E-state index contributed by atoms with van der Waals surface area (Å²) in [5.41, 5.74) is 1.02. The Morgan fingerprint density at radius 3 is 2.39 bits per heavy atom. The zero-order chi connectivity index (χ0) is 20.7. The molecule has 0 atom stereocenters. The van der Waals surface area contributed by atoms with Crippen LogP contribution >= 0.6 is 0 Å². The Bertz CT molecular complexity index is 927. The molecule has 8 heteroatoms. The van der Waals surface area contributed by atoms with Crippen molar-refractivity contribution in [2.24, 2.45) is 0 Å². The highest BCUT2D eigenvalue weighted by Crippen LogP contribution is 2.13. The topological polar surface area (TPSA) is 92.8 Å². The lowest BCUT2D eigenvalue weighted by atomic mass is 10.2. The van der Waals surface area contributed by atoms with E-state index in [0.717, 1.165) is 5.56 Å². The molecule has 2 aromatic rings. The Hall–Kier alpha value is -2.71. The molecule has 2 aromatic carbocycles. The van der Waals surface area contributed by atoms with Gasteiger partial charge in [-0.05, 0) is 37.6 Å². The van der Waals surface area contributed by atoms with E-state index in [1.807, 2.05) is 30.3 Å². The zero-order valence-corrected chi connectivity index (χ0v) is 16.9. The number of ether oxygens (including phenoxy) is 1. The number of hydrogen-bond donors (Lipinski definition) is 1. The van der Waals surface area contributed by atoms with Crippen LogP contribution in [0.15, 0.2) is 59.5 Å². The van der Waals surface area contributed by atoms with E-state index in [1.165, 1.54) is 29.2 Å². The maximum atomic E-state index is 12.2. The third-order valence-electron chi connectivity index (χ3n) is 3.79. The van der Waals surface area contributed by atoms with Crippen molar-refractivity contribution in [1.82, 2.24) is 9.62 Å². The SMILES string of the molecule is CC(C)NS(=O)(=O)c1cccc(C(=O)OCC(=O)N(C)Cc2ccccc2)c1. The molecule has 1 amide bonds. The van der Waals surface area contributed by atoms with Gasteiger partial charge in [0.2, 0.25) is 10.0 Å². The molecule has 150 valence electrons. The van der Waals surface area contributed by atoms with Crippen molar-refractivity contribution in [1.29, 1.82) is 0 Å². The van der Waals surface area contributed by atoms with Gasteiger partial charge in [-0.25, -0.2) is 17.9 Å². The molecule has 0 saturated heterocycles. The van der Waals surface area contributed by atoms with Crippen LogP contribution in [0.4, 0.5) is 0 Å². The molecule has 0 aromatic heterocycles. The minimum Gasteiger partial charge on any atom is -0.452 e. The molecule has 0 fully saturated rings. The van der Waals surface area contributed by atoms with Crippen LogP contribution in [0.25, 0.3) is 0 Å². The second-order valence-electron chi connectivity index (χ2n) is 6.62. The van der Waals surface area contributed by atoms with Crippen LogP contribution in [-0.2, 0) is 26.1 Å². The largest absolute Gasteiger partial charge is 0.452 e. The molecule has 0 aliphatic heterocycles. The number of esters is 1. The van der Waals surface area contributed by atoms with Gasteiger partial charge < -0.3 is 9.64 Å². The van der Waals surface area contributed by atoms with E-state index in [1.54, 1.807) is 20.9 Å². The molecule has 0 radical (unpaired) electrons. The second-order valence-corrected chi connectivity index (χ2v) is 8.33. The summed E-state index contributed by atoms with van der Waals surface area (Å²) in [6, 6.07) is 14.7. The lowest BCUT2D eigenvalue weighted by Gasteiger charge is -2.17. The average Bonchev–Trinajstić information content (AvgIpc) is 2.65. The summed E-state index contributed by atoms with van der Waals surface area (Å²) in [5, 5.41) is 0. The van der Waals surface area contributed by atoms with Crippen LogP contribution in [0.2, 0.25) is 0 Å². The number of benzene rings is 2. The number of hydrogen-bond acceptors (Lipinski definition) is 5. The Balaban J connectivity index is 1.97. The number of carbonyl (C=O) groups is 2. The zero-order valence-electron chi connectivity index (χ0n) is 16.1. The molecule has 0 unspecified atom stereocenters. The molecule has 0 bridgehead atoms. The van der Waals surface area contributed by atoms with E-state index in [2.05, 4.69) is 4.72 Å². The first-order valence-electron chi connectivity index (χ1n) is 8.76. The fraction of sp³-hybridized carbons (Fsp3) is 0.300. The summed E-state index contributed by atoms with van der Waals surface area (Å²) < 4.78 is 31.9. The van der Waals surface area contributed by atoms with Crippen molar-refractivity contribution < 1.29 is 22.7 Å². The summed E-state index contributed by atoms with van der Waals surface area (Å²) >= 11 is 0. The van der Waals surface area contributed by atoms with Crippen LogP contribution in [0.3, 0.4) is 0 Å². The number of carbonyl (C=O) groups excluding carboxylic acids is 2. The Kier molecular flexibility index (Phi) is 7.31. The van der Waals surface area contributed by atoms with Crippen molar-refractivity contribution in [3.8, 4) is 0 Å². The minimum absolute atomic E-state index is 0.0387. The predicted molar refractivity (Wildman–Crippen MR) is 105 cm³/mol. The fourth-order valence-electron chi connectivity index (χ4n) is 2.43. The van der Waals surface area contributed by atoms with E-state index >= 15 is 0 Å². The van der Waals surface area contributed by atoms with Crippen LogP contribution in [0.1, 0.15) is 29.8 Å². The highest BCUT2D eigenvalue weighted by molar-refractivity contribution is 7.89. The number of sulfonamides is 1. The lowest BCUT2D eigenvalue weighted by molar-refractivity contribution is -0.133. The van der Waals surface area contributed by atoms with Crippen molar-refractivity contribution in [2.75, 3.05) is 13.7 Å². The Morgan fingerprint density at radius 2 is 1.75 bits per heavy atom. The smallest absolute Gasteiger partial charge is 0.338 e. The molecule has 28 heavy (non-hydrogen) atoms. The first-order valence-corrected chi connectivity index (χ1v) is 10.2. The number of nitrogens with one attached hydrogen (secondary N) is 1. The number of amides is 1. The maximum Gasteiger partial charge on any atom is 0.338 e. The number of likely N-dealkylation sites (N-methyl/N-ethyl adjacent to an activating group) is 1. The second kappa shape index (κ2) is 9.48. The maximum absolute atomic E-state index is 12.2. The van der Waals surface area contributed by atoms with Gasteiger partial charge in [0, 0.05) is 19.6 Å². The van der Waals surface area contributed by atoms with Gasteiger partial charge in [-0.15, -0.1) is 0 Å². The molecule has 0 saturated carbocycles. The van der Waals surface area contributed by atoms with E-state index in [-0.39, 0.29) is 22.4 Å². The van der Waals surface area contributed by atoms with Crippen molar-refractivity contribution in [3.63, 3.8) is 0 Å². The third-order valence-corrected chi connectivity index (χ3v) is 5.44. The van der Waals surface area contributed by atoms with Gasteiger partial charge >= 0.3 is 5.97 Å². The summed E-state index contributed by atoms with van der Waals surface area (Å²) in [7, 11) is -2.11.